The highest BCUT2D eigenvalue weighted by Gasteiger charge is 2.21. The maximum atomic E-state index is 15.0. The second kappa shape index (κ2) is 8.00. The van der Waals surface area contributed by atoms with Gasteiger partial charge >= 0.3 is 0 Å². The molecular weight excluding hydrogens is 431 g/mol. The first-order valence-electron chi connectivity index (χ1n) is 7.42. The second-order valence-corrected chi connectivity index (χ2v) is 6.49. The van der Waals surface area contributed by atoms with Crippen molar-refractivity contribution in [2.45, 2.75) is 0 Å². The summed E-state index contributed by atoms with van der Waals surface area (Å²) in [5.74, 6) is -1.40. The summed E-state index contributed by atoms with van der Waals surface area (Å²) in [6.07, 6.45) is 1.33. The Bertz CT molecular complexity index is 966. The summed E-state index contributed by atoms with van der Waals surface area (Å²) in [6.45, 7) is -0.365. The van der Waals surface area contributed by atoms with E-state index in [2.05, 4.69) is 36.7 Å². The first kappa shape index (κ1) is 18.6. The van der Waals surface area contributed by atoms with Crippen LogP contribution in [0.1, 0.15) is 10.4 Å². The van der Waals surface area contributed by atoms with E-state index in [9.17, 15) is 9.18 Å². The second-order valence-electron chi connectivity index (χ2n) is 5.16. The van der Waals surface area contributed by atoms with Crippen LogP contribution in [0.4, 0.5) is 15.8 Å². The molecule has 0 spiro atoms. The van der Waals surface area contributed by atoms with E-state index in [0.717, 1.165) is 4.47 Å². The van der Waals surface area contributed by atoms with Gasteiger partial charge in [-0.1, -0.05) is 27.5 Å². The Morgan fingerprint density at radius 2 is 2.23 bits per heavy atom. The van der Waals surface area contributed by atoms with Crippen molar-refractivity contribution in [1.82, 2.24) is 15.4 Å². The number of carbonyl (C=O) groups excluding carboxylic acids is 1. The molecule has 0 fully saturated rings. The van der Waals surface area contributed by atoms with Crippen LogP contribution in [-0.4, -0.2) is 34.2 Å². The van der Waals surface area contributed by atoms with Gasteiger partial charge < -0.3 is 15.4 Å². The van der Waals surface area contributed by atoms with Crippen LogP contribution in [0.25, 0.3) is 11.0 Å². The highest BCUT2D eigenvalue weighted by Crippen LogP contribution is 2.33. The first-order chi connectivity index (χ1) is 12.5. The van der Waals surface area contributed by atoms with Gasteiger partial charge in [-0.05, 0) is 24.3 Å². The zero-order chi connectivity index (χ0) is 18.7. The maximum Gasteiger partial charge on any atom is 0.277 e. The number of carbonyl (C=O) groups is 1. The Labute approximate surface area is 160 Å². The number of nitrogens with zero attached hydrogens (tertiary/aromatic N) is 1. The number of hydroxylamine groups is 1. The summed E-state index contributed by atoms with van der Waals surface area (Å²) in [7, 11) is 0. The van der Waals surface area contributed by atoms with E-state index < -0.39 is 11.7 Å². The fourth-order valence-electron chi connectivity index (χ4n) is 2.29. The van der Waals surface area contributed by atoms with Gasteiger partial charge in [-0.15, -0.1) is 0 Å². The zero-order valence-electron chi connectivity index (χ0n) is 13.1. The number of imidazole rings is 1. The van der Waals surface area contributed by atoms with Crippen molar-refractivity contribution in [2.75, 3.05) is 18.5 Å². The fourth-order valence-corrected chi connectivity index (χ4v) is 3.01. The molecule has 1 heterocycles. The molecule has 0 unspecified atom stereocenters. The highest BCUT2D eigenvalue weighted by molar-refractivity contribution is 9.10. The molecule has 4 N–H and O–H groups in total. The molecule has 0 aliphatic heterocycles. The molecule has 26 heavy (non-hydrogen) atoms. The number of aromatic nitrogens is 2. The number of fused-ring (bicyclic) bond motifs is 1. The van der Waals surface area contributed by atoms with Crippen LogP contribution < -0.4 is 10.8 Å². The van der Waals surface area contributed by atoms with E-state index in [-0.39, 0.29) is 30.0 Å². The lowest BCUT2D eigenvalue weighted by atomic mass is 10.1. The molecule has 3 rings (SSSR count). The van der Waals surface area contributed by atoms with Gasteiger partial charge in [-0.25, -0.2) is 14.9 Å². The van der Waals surface area contributed by atoms with Gasteiger partial charge in [0.2, 0.25) is 0 Å². The van der Waals surface area contributed by atoms with Crippen molar-refractivity contribution >= 4 is 55.8 Å². The van der Waals surface area contributed by atoms with Crippen molar-refractivity contribution in [3.05, 3.63) is 51.5 Å². The Balaban J connectivity index is 2.04. The zero-order valence-corrected chi connectivity index (χ0v) is 15.5. The lowest BCUT2D eigenvalue weighted by molar-refractivity contribution is 0.0169. The minimum Gasteiger partial charge on any atom is -0.394 e. The van der Waals surface area contributed by atoms with E-state index >= 15 is 0 Å². The molecule has 2 aromatic carbocycles. The Kier molecular flexibility index (Phi) is 5.72. The average molecular weight is 444 g/mol. The molecule has 1 amide bonds. The van der Waals surface area contributed by atoms with Crippen molar-refractivity contribution in [2.24, 2.45) is 0 Å². The largest absolute Gasteiger partial charge is 0.394 e. The number of aliphatic hydroxyl groups excluding tert-OH is 1. The third-order valence-electron chi connectivity index (χ3n) is 3.45. The molecule has 0 bridgehead atoms. The lowest BCUT2D eigenvalue weighted by Crippen LogP contribution is -2.26. The number of nitrogens with one attached hydrogen (secondary N) is 3. The predicted octanol–water partition coefficient (Wildman–Crippen LogP) is 3.52. The molecule has 0 saturated carbocycles. The number of hydrogen-bond acceptors (Lipinski definition) is 5. The Morgan fingerprint density at radius 1 is 1.42 bits per heavy atom. The standard InChI is InChI=1S/C16H13BrClFN4O3/c17-8-1-2-11(10(18)5-8)22-14-9(16(25)23-26-4-3-24)6-12-15(13(14)19)21-7-20-12/h1-2,5-7,22,24H,3-4H2,(H,20,21)(H,23,25). The number of rotatable bonds is 6. The number of hydrogen-bond donors (Lipinski definition) is 4. The summed E-state index contributed by atoms with van der Waals surface area (Å²) in [4.78, 5) is 23.9. The third kappa shape index (κ3) is 3.80. The van der Waals surface area contributed by atoms with Gasteiger partial charge in [0, 0.05) is 4.47 Å². The molecule has 3 aromatic rings. The van der Waals surface area contributed by atoms with Gasteiger partial charge in [0.05, 0.1) is 47.0 Å². The normalized spacial score (nSPS) is 10.9. The van der Waals surface area contributed by atoms with Crippen molar-refractivity contribution < 1.29 is 19.1 Å². The summed E-state index contributed by atoms with van der Waals surface area (Å²) in [6, 6.07) is 6.45. The van der Waals surface area contributed by atoms with Crippen LogP contribution in [0.3, 0.4) is 0 Å². The van der Waals surface area contributed by atoms with Crippen molar-refractivity contribution in [1.29, 1.82) is 0 Å². The minimum absolute atomic E-state index is 0.0174. The van der Waals surface area contributed by atoms with Crippen LogP contribution in [0, 0.1) is 5.82 Å². The van der Waals surface area contributed by atoms with Gasteiger partial charge in [-0.3, -0.25) is 9.63 Å². The Morgan fingerprint density at radius 3 is 2.96 bits per heavy atom. The van der Waals surface area contributed by atoms with E-state index in [4.69, 9.17) is 21.5 Å². The number of aliphatic hydroxyl groups is 1. The van der Waals surface area contributed by atoms with Gasteiger partial charge in [0.25, 0.3) is 5.91 Å². The Hall–Kier alpha value is -2.20. The molecule has 0 radical (unpaired) electrons. The van der Waals surface area contributed by atoms with Crippen LogP contribution in [0.5, 0.6) is 0 Å². The SMILES string of the molecule is O=C(NOCCO)c1cc2[nH]cnc2c(F)c1Nc1ccc(Br)cc1Cl. The molecule has 136 valence electrons. The first-order valence-corrected chi connectivity index (χ1v) is 8.59. The molecule has 1 aromatic heterocycles. The van der Waals surface area contributed by atoms with Crippen molar-refractivity contribution in [3.63, 3.8) is 0 Å². The number of benzene rings is 2. The molecule has 7 nitrogen and oxygen atoms in total. The topological polar surface area (TPSA) is 99.3 Å². The molecule has 0 aliphatic rings. The molecular formula is C16H13BrClFN4O3. The molecule has 0 atom stereocenters. The monoisotopic (exact) mass is 442 g/mol. The smallest absolute Gasteiger partial charge is 0.277 e. The van der Waals surface area contributed by atoms with Crippen LogP contribution in [-0.2, 0) is 4.84 Å². The van der Waals surface area contributed by atoms with E-state index in [1.54, 1.807) is 18.2 Å². The fraction of sp³-hybridized carbons (Fsp3) is 0.125. The maximum absolute atomic E-state index is 15.0. The number of halogens is 3. The van der Waals surface area contributed by atoms with Crippen LogP contribution >= 0.6 is 27.5 Å². The predicted molar refractivity (Wildman–Crippen MR) is 99.0 cm³/mol. The number of amides is 1. The van der Waals surface area contributed by atoms with Gasteiger partial charge in [0.1, 0.15) is 5.52 Å². The molecule has 0 aliphatic carbocycles. The number of anilines is 2. The van der Waals surface area contributed by atoms with E-state index in [1.807, 2.05) is 0 Å². The minimum atomic E-state index is -0.713. The summed E-state index contributed by atoms with van der Waals surface area (Å²) in [5.41, 5.74) is 2.88. The summed E-state index contributed by atoms with van der Waals surface area (Å²) >= 11 is 9.47. The van der Waals surface area contributed by atoms with E-state index in [0.29, 0.717) is 16.2 Å². The quantitative estimate of drug-likeness (QED) is 0.345. The number of H-pyrrole nitrogens is 1. The van der Waals surface area contributed by atoms with Gasteiger partial charge in [0.15, 0.2) is 5.82 Å². The summed E-state index contributed by atoms with van der Waals surface area (Å²) in [5, 5.41) is 11.9. The molecule has 10 heteroatoms. The highest BCUT2D eigenvalue weighted by atomic mass is 79.9. The van der Waals surface area contributed by atoms with Gasteiger partial charge in [-0.2, -0.15) is 0 Å². The average Bonchev–Trinajstić information content (AvgIpc) is 3.08. The molecule has 0 saturated heterocycles. The summed E-state index contributed by atoms with van der Waals surface area (Å²) < 4.78 is 15.7. The number of aromatic amines is 1. The van der Waals surface area contributed by atoms with Crippen LogP contribution in [0.15, 0.2) is 35.1 Å². The lowest BCUT2D eigenvalue weighted by Gasteiger charge is -2.15. The van der Waals surface area contributed by atoms with Crippen LogP contribution in [0.2, 0.25) is 5.02 Å². The third-order valence-corrected chi connectivity index (χ3v) is 4.25. The van der Waals surface area contributed by atoms with Crippen molar-refractivity contribution in [3.8, 4) is 0 Å². The van der Waals surface area contributed by atoms with E-state index in [1.165, 1.54) is 12.4 Å².